The molecule has 0 aromatic carbocycles. The van der Waals surface area contributed by atoms with Gasteiger partial charge in [-0.05, 0) is 46.2 Å². The minimum atomic E-state index is -0.163. The van der Waals surface area contributed by atoms with Gasteiger partial charge in [-0.25, -0.2) is 0 Å². The first-order valence-electron chi connectivity index (χ1n) is 7.30. The van der Waals surface area contributed by atoms with E-state index in [1.807, 2.05) is 14.0 Å². The van der Waals surface area contributed by atoms with Crippen LogP contribution in [0.2, 0.25) is 0 Å². The maximum Gasteiger partial charge on any atom is 0.323 e. The summed E-state index contributed by atoms with van der Waals surface area (Å²) < 4.78 is 5.07. The Morgan fingerprint density at radius 2 is 2.22 bits per heavy atom. The van der Waals surface area contributed by atoms with Crippen molar-refractivity contribution in [3.8, 4) is 0 Å². The largest absolute Gasteiger partial charge is 0.465 e. The Balaban J connectivity index is 2.38. The normalized spacial score (nSPS) is 22.7. The SMILES string of the molecule is CCOC(=O)C(CCN1CCCCC1CC)NC. The van der Waals surface area contributed by atoms with Gasteiger partial charge in [0.05, 0.1) is 6.61 Å². The van der Waals surface area contributed by atoms with E-state index in [9.17, 15) is 4.79 Å². The molecule has 0 aromatic heterocycles. The number of ether oxygens (including phenoxy) is 1. The van der Waals surface area contributed by atoms with Gasteiger partial charge in [0, 0.05) is 12.6 Å². The highest BCUT2D eigenvalue weighted by molar-refractivity contribution is 5.75. The Morgan fingerprint density at radius 1 is 1.44 bits per heavy atom. The summed E-state index contributed by atoms with van der Waals surface area (Å²) in [5.41, 5.74) is 0. The van der Waals surface area contributed by atoms with Crippen molar-refractivity contribution in [2.24, 2.45) is 0 Å². The van der Waals surface area contributed by atoms with Crippen LogP contribution in [-0.2, 0) is 9.53 Å². The van der Waals surface area contributed by atoms with Crippen LogP contribution in [-0.4, -0.2) is 49.7 Å². The van der Waals surface area contributed by atoms with Crippen LogP contribution in [0.1, 0.15) is 46.0 Å². The van der Waals surface area contributed by atoms with E-state index in [0.29, 0.717) is 12.6 Å². The Labute approximate surface area is 111 Å². The van der Waals surface area contributed by atoms with Crippen molar-refractivity contribution in [1.82, 2.24) is 10.2 Å². The van der Waals surface area contributed by atoms with E-state index in [2.05, 4.69) is 17.1 Å². The monoisotopic (exact) mass is 256 g/mol. The predicted octanol–water partition coefficient (Wildman–Crippen LogP) is 1.79. The number of carbonyl (C=O) groups is 1. The number of rotatable bonds is 7. The van der Waals surface area contributed by atoms with Crippen molar-refractivity contribution >= 4 is 5.97 Å². The van der Waals surface area contributed by atoms with Crippen LogP contribution in [0.15, 0.2) is 0 Å². The summed E-state index contributed by atoms with van der Waals surface area (Å²) in [6, 6.07) is 0.544. The molecular weight excluding hydrogens is 228 g/mol. The highest BCUT2D eigenvalue weighted by Gasteiger charge is 2.23. The van der Waals surface area contributed by atoms with E-state index in [1.165, 1.54) is 32.2 Å². The highest BCUT2D eigenvalue weighted by atomic mass is 16.5. The molecule has 0 aliphatic carbocycles. The zero-order valence-electron chi connectivity index (χ0n) is 12.1. The Hall–Kier alpha value is -0.610. The van der Waals surface area contributed by atoms with Crippen molar-refractivity contribution in [2.45, 2.75) is 58.0 Å². The van der Waals surface area contributed by atoms with Gasteiger partial charge in [-0.15, -0.1) is 0 Å². The minimum absolute atomic E-state index is 0.120. The van der Waals surface area contributed by atoms with Gasteiger partial charge in [0.25, 0.3) is 0 Å². The first kappa shape index (κ1) is 15.4. The lowest BCUT2D eigenvalue weighted by Crippen LogP contribution is -2.44. The number of nitrogens with one attached hydrogen (secondary N) is 1. The Morgan fingerprint density at radius 3 is 2.83 bits per heavy atom. The molecule has 1 rings (SSSR count). The molecule has 2 unspecified atom stereocenters. The van der Waals surface area contributed by atoms with Crippen LogP contribution in [0.3, 0.4) is 0 Å². The van der Waals surface area contributed by atoms with Gasteiger partial charge in [0.2, 0.25) is 0 Å². The van der Waals surface area contributed by atoms with Crippen molar-refractivity contribution in [2.75, 3.05) is 26.7 Å². The third-order valence-corrected chi connectivity index (χ3v) is 3.84. The number of carbonyl (C=O) groups excluding carboxylic acids is 1. The fourth-order valence-electron chi connectivity index (χ4n) is 2.73. The topological polar surface area (TPSA) is 41.6 Å². The van der Waals surface area contributed by atoms with E-state index in [1.54, 1.807) is 0 Å². The smallest absolute Gasteiger partial charge is 0.323 e. The second kappa shape index (κ2) is 8.48. The number of hydrogen-bond acceptors (Lipinski definition) is 4. The van der Waals surface area contributed by atoms with Gasteiger partial charge in [0.1, 0.15) is 6.04 Å². The molecule has 1 N–H and O–H groups in total. The van der Waals surface area contributed by atoms with Crippen LogP contribution < -0.4 is 5.32 Å². The molecule has 0 radical (unpaired) electrons. The molecule has 18 heavy (non-hydrogen) atoms. The first-order chi connectivity index (χ1) is 8.72. The second-order valence-corrected chi connectivity index (χ2v) is 4.98. The van der Waals surface area contributed by atoms with E-state index in [0.717, 1.165) is 13.0 Å². The highest BCUT2D eigenvalue weighted by Crippen LogP contribution is 2.19. The molecule has 0 spiro atoms. The van der Waals surface area contributed by atoms with Crippen LogP contribution in [0, 0.1) is 0 Å². The number of likely N-dealkylation sites (N-methyl/N-ethyl adjacent to an activating group) is 1. The van der Waals surface area contributed by atoms with E-state index >= 15 is 0 Å². The van der Waals surface area contributed by atoms with Crippen LogP contribution in [0.25, 0.3) is 0 Å². The molecule has 4 nitrogen and oxygen atoms in total. The van der Waals surface area contributed by atoms with Gasteiger partial charge in [-0.2, -0.15) is 0 Å². The van der Waals surface area contributed by atoms with Crippen molar-refractivity contribution in [3.05, 3.63) is 0 Å². The quantitative estimate of drug-likeness (QED) is 0.705. The maximum atomic E-state index is 11.7. The molecule has 1 fully saturated rings. The van der Waals surface area contributed by atoms with Crippen molar-refractivity contribution in [1.29, 1.82) is 0 Å². The fourth-order valence-corrected chi connectivity index (χ4v) is 2.73. The lowest BCUT2D eigenvalue weighted by atomic mass is 9.99. The average Bonchev–Trinajstić information content (AvgIpc) is 2.40. The number of esters is 1. The molecule has 4 heteroatoms. The molecule has 2 atom stereocenters. The molecule has 0 aromatic rings. The molecule has 1 saturated heterocycles. The molecule has 1 aliphatic rings. The lowest BCUT2D eigenvalue weighted by molar-refractivity contribution is -0.145. The minimum Gasteiger partial charge on any atom is -0.465 e. The van der Waals surface area contributed by atoms with Crippen LogP contribution >= 0.6 is 0 Å². The molecular formula is C14H28N2O2. The van der Waals surface area contributed by atoms with Crippen LogP contribution in [0.5, 0.6) is 0 Å². The Bertz CT molecular complexity index is 246. The summed E-state index contributed by atoms with van der Waals surface area (Å²) in [5.74, 6) is -0.120. The number of nitrogens with zero attached hydrogens (tertiary/aromatic N) is 1. The molecule has 106 valence electrons. The third-order valence-electron chi connectivity index (χ3n) is 3.84. The van der Waals surface area contributed by atoms with E-state index in [4.69, 9.17) is 4.74 Å². The molecule has 0 amide bonds. The predicted molar refractivity (Wildman–Crippen MR) is 73.6 cm³/mol. The van der Waals surface area contributed by atoms with Gasteiger partial charge in [0.15, 0.2) is 0 Å². The van der Waals surface area contributed by atoms with E-state index in [-0.39, 0.29) is 12.0 Å². The average molecular weight is 256 g/mol. The fraction of sp³-hybridized carbons (Fsp3) is 0.929. The van der Waals surface area contributed by atoms with Gasteiger partial charge >= 0.3 is 5.97 Å². The molecule has 1 heterocycles. The maximum absolute atomic E-state index is 11.7. The first-order valence-corrected chi connectivity index (χ1v) is 7.30. The number of piperidine rings is 1. The summed E-state index contributed by atoms with van der Waals surface area (Å²) in [6.45, 7) is 6.73. The summed E-state index contributed by atoms with van der Waals surface area (Å²) in [7, 11) is 1.83. The van der Waals surface area contributed by atoms with Gasteiger partial charge in [-0.1, -0.05) is 13.3 Å². The zero-order chi connectivity index (χ0) is 13.4. The van der Waals surface area contributed by atoms with Crippen molar-refractivity contribution in [3.63, 3.8) is 0 Å². The second-order valence-electron chi connectivity index (χ2n) is 4.98. The Kier molecular flexibility index (Phi) is 7.28. The van der Waals surface area contributed by atoms with Gasteiger partial charge in [-0.3, -0.25) is 4.79 Å². The van der Waals surface area contributed by atoms with Crippen LogP contribution in [0.4, 0.5) is 0 Å². The number of likely N-dealkylation sites (tertiary alicyclic amines) is 1. The third kappa shape index (κ3) is 4.58. The van der Waals surface area contributed by atoms with E-state index < -0.39 is 0 Å². The zero-order valence-corrected chi connectivity index (χ0v) is 12.1. The molecule has 0 saturated carbocycles. The number of hydrogen-bond donors (Lipinski definition) is 1. The molecule has 1 aliphatic heterocycles. The standard InChI is InChI=1S/C14H28N2O2/c1-4-12-8-6-7-10-16(12)11-9-13(15-3)14(17)18-5-2/h12-13,15H,4-11H2,1-3H3. The van der Waals surface area contributed by atoms with Crippen molar-refractivity contribution < 1.29 is 9.53 Å². The lowest BCUT2D eigenvalue weighted by Gasteiger charge is -2.35. The summed E-state index contributed by atoms with van der Waals surface area (Å²) in [5, 5.41) is 3.06. The summed E-state index contributed by atoms with van der Waals surface area (Å²) >= 11 is 0. The summed E-state index contributed by atoms with van der Waals surface area (Å²) in [4.78, 5) is 14.2. The summed E-state index contributed by atoms with van der Waals surface area (Å²) in [6.07, 6.45) is 6.00. The van der Waals surface area contributed by atoms with Gasteiger partial charge < -0.3 is 15.0 Å². The molecule has 0 bridgehead atoms.